The molecule has 0 aromatic carbocycles. The Balaban J connectivity index is 3.48. The summed E-state index contributed by atoms with van der Waals surface area (Å²) in [5, 5.41) is -3.31. The topological polar surface area (TPSA) is 55.1 Å². The number of hydrogen-bond donors (Lipinski definition) is 1. The van der Waals surface area contributed by atoms with Crippen molar-refractivity contribution in [1.29, 1.82) is 0 Å². The molecule has 0 unspecified atom stereocenters. The lowest BCUT2D eigenvalue weighted by molar-refractivity contribution is -0.431. The van der Waals surface area contributed by atoms with Gasteiger partial charge in [-0.2, -0.15) is 61.5 Å². The molecule has 1 amide bonds. The van der Waals surface area contributed by atoms with E-state index in [0.717, 1.165) is 6.92 Å². The third-order valence-electron chi connectivity index (χ3n) is 3.48. The van der Waals surface area contributed by atoms with E-state index in [1.807, 2.05) is 0 Å². The molecule has 4 nitrogen and oxygen atoms in total. The minimum atomic E-state index is -8.31. The highest BCUT2D eigenvalue weighted by Gasteiger charge is 2.93. The van der Waals surface area contributed by atoms with Crippen molar-refractivity contribution in [1.82, 2.24) is 5.16 Å². The van der Waals surface area contributed by atoms with Gasteiger partial charge in [-0.1, -0.05) is 5.16 Å². The van der Waals surface area contributed by atoms with Crippen molar-refractivity contribution in [2.45, 2.75) is 47.8 Å². The van der Waals surface area contributed by atoms with Crippen molar-refractivity contribution >= 4 is 23.3 Å². The van der Waals surface area contributed by atoms with Crippen molar-refractivity contribution in [3.63, 3.8) is 0 Å². The molecular formula is C12H5ClF14N2O2. The van der Waals surface area contributed by atoms with Crippen molar-refractivity contribution in [2.75, 3.05) is 5.32 Å². The van der Waals surface area contributed by atoms with Crippen LogP contribution in [0.2, 0.25) is 0 Å². The normalized spacial score (nSPS) is 15.2. The first-order valence-corrected chi connectivity index (χ1v) is 7.35. The van der Waals surface area contributed by atoms with E-state index in [4.69, 9.17) is 0 Å². The number of carbonyl (C=O) groups is 1. The molecule has 0 atom stereocenters. The molecule has 0 radical (unpaired) electrons. The molecule has 0 aliphatic carbocycles. The Hall–Kier alpha value is -2.01. The van der Waals surface area contributed by atoms with E-state index in [2.05, 4.69) is 21.3 Å². The van der Waals surface area contributed by atoms with Crippen LogP contribution in [0.1, 0.15) is 5.76 Å². The lowest BCUT2D eigenvalue weighted by Crippen LogP contribution is -2.73. The van der Waals surface area contributed by atoms with Gasteiger partial charge in [-0.25, -0.2) is 0 Å². The van der Waals surface area contributed by atoms with E-state index in [0.29, 0.717) is 11.4 Å². The molecule has 180 valence electrons. The second-order valence-corrected chi connectivity index (χ2v) is 6.20. The van der Waals surface area contributed by atoms with Crippen molar-refractivity contribution < 1.29 is 70.8 Å². The highest BCUT2D eigenvalue weighted by Crippen LogP contribution is 2.62. The predicted molar refractivity (Wildman–Crippen MR) is 70.4 cm³/mol. The van der Waals surface area contributed by atoms with Crippen molar-refractivity contribution in [3.05, 3.63) is 11.8 Å². The van der Waals surface area contributed by atoms with E-state index in [1.54, 1.807) is 0 Å². The molecule has 31 heavy (non-hydrogen) atoms. The SMILES string of the molecule is Cc1cc(NC(=O)C(F)(F)C(F)(F)C(F)(F)C(F)(F)C(F)(F)C(F)(F)C(F)(F)Cl)no1. The van der Waals surface area contributed by atoms with Crippen molar-refractivity contribution in [2.24, 2.45) is 0 Å². The third kappa shape index (κ3) is 3.75. The Labute approximate surface area is 165 Å². The van der Waals surface area contributed by atoms with E-state index < -0.39 is 52.6 Å². The van der Waals surface area contributed by atoms with Gasteiger partial charge in [0.15, 0.2) is 5.82 Å². The average Bonchev–Trinajstić information content (AvgIpc) is 2.97. The zero-order valence-corrected chi connectivity index (χ0v) is 14.8. The first kappa shape index (κ1) is 27.0. The fourth-order valence-corrected chi connectivity index (χ4v) is 1.85. The number of amides is 1. The third-order valence-corrected chi connectivity index (χ3v) is 3.72. The maximum absolute atomic E-state index is 13.6. The summed E-state index contributed by atoms with van der Waals surface area (Å²) >= 11 is 3.46. The maximum atomic E-state index is 13.6. The van der Waals surface area contributed by atoms with Crippen LogP contribution < -0.4 is 5.32 Å². The minimum Gasteiger partial charge on any atom is -0.360 e. The molecule has 0 saturated heterocycles. The monoisotopic (exact) mass is 510 g/mol. The lowest BCUT2D eigenvalue weighted by Gasteiger charge is -2.41. The van der Waals surface area contributed by atoms with Crippen LogP contribution in [-0.4, -0.2) is 52.0 Å². The minimum absolute atomic E-state index is 0.286. The van der Waals surface area contributed by atoms with E-state index in [9.17, 15) is 66.3 Å². The van der Waals surface area contributed by atoms with Gasteiger partial charge < -0.3 is 9.84 Å². The second-order valence-electron chi connectivity index (χ2n) is 5.72. The first-order chi connectivity index (χ1) is 13.4. The lowest BCUT2D eigenvalue weighted by atomic mass is 9.91. The molecule has 1 aromatic heterocycles. The molecule has 0 fully saturated rings. The summed E-state index contributed by atoms with van der Waals surface area (Å²) in [4.78, 5) is 11.2. The first-order valence-electron chi connectivity index (χ1n) is 6.98. The van der Waals surface area contributed by atoms with E-state index in [-0.39, 0.29) is 5.76 Å². The number of nitrogens with zero attached hydrogens (tertiary/aromatic N) is 1. The number of aromatic nitrogens is 1. The molecule has 0 bridgehead atoms. The van der Waals surface area contributed by atoms with Crippen LogP contribution in [0.5, 0.6) is 0 Å². The summed E-state index contributed by atoms with van der Waals surface area (Å²) < 4.78 is 189. The highest BCUT2D eigenvalue weighted by molar-refractivity contribution is 6.22. The molecule has 1 heterocycles. The number of nitrogens with one attached hydrogen (secondary N) is 1. The van der Waals surface area contributed by atoms with Gasteiger partial charge in [0.1, 0.15) is 5.76 Å². The number of rotatable bonds is 8. The molecule has 0 aliphatic heterocycles. The molecule has 19 heteroatoms. The summed E-state index contributed by atoms with van der Waals surface area (Å²) in [6.45, 7) is 1.04. The second kappa shape index (κ2) is 7.26. The van der Waals surface area contributed by atoms with E-state index >= 15 is 0 Å². The standard InChI is InChI=1S/C12H5ClF14N2O2/c1-3-2-4(29-31-3)28-5(30)6(14,15)7(16,17)8(18,19)9(20,21)10(22,23)11(24,25)12(13,26)27/h2H,1H3,(H,28,29,30). The smallest absolute Gasteiger partial charge is 0.360 e. The summed E-state index contributed by atoms with van der Waals surface area (Å²) in [6.07, 6.45) is 0. The van der Waals surface area contributed by atoms with Crippen LogP contribution in [-0.2, 0) is 4.79 Å². The number of anilines is 1. The van der Waals surface area contributed by atoms with Gasteiger partial charge in [0.25, 0.3) is 0 Å². The molecule has 0 saturated carbocycles. The molecule has 0 aliphatic rings. The van der Waals surface area contributed by atoms with Crippen LogP contribution in [0.15, 0.2) is 10.6 Å². The largest absolute Gasteiger partial charge is 0.393 e. The molecule has 1 rings (SSSR count). The van der Waals surface area contributed by atoms with Gasteiger partial charge in [0, 0.05) is 6.07 Å². The summed E-state index contributed by atoms with van der Waals surface area (Å²) in [5.41, 5.74) is 0. The van der Waals surface area contributed by atoms with Crippen LogP contribution in [0, 0.1) is 6.92 Å². The number of alkyl halides is 15. The van der Waals surface area contributed by atoms with Gasteiger partial charge in [0.05, 0.1) is 0 Å². The average molecular weight is 511 g/mol. The molecular weight excluding hydrogens is 506 g/mol. The van der Waals surface area contributed by atoms with Crippen LogP contribution in [0.25, 0.3) is 0 Å². The predicted octanol–water partition coefficient (Wildman–Crippen LogP) is 5.56. The van der Waals surface area contributed by atoms with Gasteiger partial charge in [-0.05, 0) is 18.5 Å². The van der Waals surface area contributed by atoms with Crippen molar-refractivity contribution in [3.8, 4) is 0 Å². The number of hydrogen-bond acceptors (Lipinski definition) is 3. The van der Waals surface area contributed by atoms with Gasteiger partial charge >= 0.3 is 46.8 Å². The Morgan fingerprint density at radius 1 is 0.806 bits per heavy atom. The number of carbonyl (C=O) groups excluding carboxylic acids is 1. The Kier molecular flexibility index (Phi) is 6.33. The Morgan fingerprint density at radius 2 is 1.19 bits per heavy atom. The van der Waals surface area contributed by atoms with Gasteiger partial charge in [0.2, 0.25) is 0 Å². The fraction of sp³-hybridized carbons (Fsp3) is 0.667. The Morgan fingerprint density at radius 3 is 1.55 bits per heavy atom. The molecule has 0 spiro atoms. The van der Waals surface area contributed by atoms with Crippen LogP contribution in [0.3, 0.4) is 0 Å². The summed E-state index contributed by atoms with van der Waals surface area (Å²) in [7, 11) is 0. The summed E-state index contributed by atoms with van der Waals surface area (Å²) in [6, 6.07) is 0.524. The molecule has 1 aromatic rings. The maximum Gasteiger partial charge on any atom is 0.393 e. The van der Waals surface area contributed by atoms with Gasteiger partial charge in [-0.15, -0.1) is 0 Å². The number of aryl methyl sites for hydroxylation is 1. The van der Waals surface area contributed by atoms with Crippen LogP contribution in [0.4, 0.5) is 67.3 Å². The molecule has 1 N–H and O–H groups in total. The fourth-order valence-electron chi connectivity index (χ4n) is 1.73. The zero-order valence-electron chi connectivity index (χ0n) is 14.0. The van der Waals surface area contributed by atoms with Gasteiger partial charge in [-0.3, -0.25) is 4.79 Å². The quantitative estimate of drug-likeness (QED) is 0.368. The zero-order chi connectivity index (χ0) is 25.1. The van der Waals surface area contributed by atoms with Crippen LogP contribution >= 0.6 is 11.6 Å². The number of halogens is 15. The van der Waals surface area contributed by atoms with E-state index in [1.165, 1.54) is 0 Å². The Bertz CT molecular complexity index is 832. The summed E-state index contributed by atoms with van der Waals surface area (Å²) in [5.74, 6) is -52.2. The highest BCUT2D eigenvalue weighted by atomic mass is 35.5.